The van der Waals surface area contributed by atoms with Crippen molar-refractivity contribution in [3.05, 3.63) is 66.6 Å². The van der Waals surface area contributed by atoms with Crippen molar-refractivity contribution in [1.82, 2.24) is 14.5 Å². The molecule has 2 aromatic heterocycles. The minimum atomic E-state index is 0.162. The highest BCUT2D eigenvalue weighted by molar-refractivity contribution is 5.46. The molecule has 0 N–H and O–H groups in total. The van der Waals surface area contributed by atoms with Gasteiger partial charge in [-0.05, 0) is 32.2 Å². The van der Waals surface area contributed by atoms with Gasteiger partial charge in [-0.3, -0.25) is 4.90 Å². The van der Waals surface area contributed by atoms with Crippen LogP contribution in [0.3, 0.4) is 0 Å². The summed E-state index contributed by atoms with van der Waals surface area (Å²) in [4.78, 5) is 6.27. The maximum absolute atomic E-state index is 6.08. The van der Waals surface area contributed by atoms with Crippen LogP contribution < -0.4 is 9.47 Å². The number of nitrogens with zero attached hydrogens (tertiary/aromatic N) is 3. The molecule has 1 atom stereocenters. The first kappa shape index (κ1) is 18.1. The van der Waals surface area contributed by atoms with Crippen molar-refractivity contribution >= 4 is 0 Å². The summed E-state index contributed by atoms with van der Waals surface area (Å²) < 4.78 is 19.1. The van der Waals surface area contributed by atoms with Crippen molar-refractivity contribution < 1.29 is 13.9 Å². The molecule has 3 rings (SSSR count). The van der Waals surface area contributed by atoms with Crippen molar-refractivity contribution in [1.29, 1.82) is 0 Å². The van der Waals surface area contributed by atoms with Crippen LogP contribution in [0, 0.1) is 0 Å². The van der Waals surface area contributed by atoms with E-state index >= 15 is 0 Å². The normalized spacial score (nSPS) is 12.3. The Morgan fingerprint density at radius 3 is 2.85 bits per heavy atom. The average molecular weight is 355 g/mol. The fourth-order valence-corrected chi connectivity index (χ4v) is 2.83. The Bertz CT molecular complexity index is 785. The first-order valence-corrected chi connectivity index (χ1v) is 8.67. The number of para-hydroxylation sites is 1. The van der Waals surface area contributed by atoms with Crippen LogP contribution in [0.5, 0.6) is 11.5 Å². The van der Waals surface area contributed by atoms with E-state index in [1.807, 2.05) is 35.0 Å². The van der Waals surface area contributed by atoms with E-state index in [1.165, 1.54) is 0 Å². The SMILES string of the molecule is COc1cccc(CN(C)C(C)c2ccco2)c1OCCn1ccnc1. The Labute approximate surface area is 154 Å². The van der Waals surface area contributed by atoms with E-state index < -0.39 is 0 Å². The molecule has 0 spiro atoms. The molecule has 6 heteroatoms. The van der Waals surface area contributed by atoms with E-state index in [2.05, 4.69) is 29.9 Å². The number of hydrogen-bond donors (Lipinski definition) is 0. The molecular weight excluding hydrogens is 330 g/mol. The van der Waals surface area contributed by atoms with E-state index in [9.17, 15) is 0 Å². The van der Waals surface area contributed by atoms with Crippen LogP contribution in [0.1, 0.15) is 24.3 Å². The summed E-state index contributed by atoms with van der Waals surface area (Å²) in [5, 5.41) is 0. The molecule has 2 heterocycles. The van der Waals surface area contributed by atoms with Gasteiger partial charge in [0, 0.05) is 24.5 Å². The molecule has 0 aliphatic carbocycles. The minimum absolute atomic E-state index is 0.162. The van der Waals surface area contributed by atoms with Crippen LogP contribution in [-0.4, -0.2) is 35.2 Å². The molecule has 0 saturated carbocycles. The molecule has 0 aliphatic rings. The molecule has 0 saturated heterocycles. The lowest BCUT2D eigenvalue weighted by atomic mass is 10.1. The van der Waals surface area contributed by atoms with Crippen molar-refractivity contribution in [2.75, 3.05) is 20.8 Å². The smallest absolute Gasteiger partial charge is 0.165 e. The van der Waals surface area contributed by atoms with Gasteiger partial charge in [-0.25, -0.2) is 4.98 Å². The molecule has 0 bridgehead atoms. The van der Waals surface area contributed by atoms with Crippen LogP contribution in [0.4, 0.5) is 0 Å². The van der Waals surface area contributed by atoms with Gasteiger partial charge in [0.05, 0.1) is 32.3 Å². The fraction of sp³-hybridized carbons (Fsp3) is 0.350. The fourth-order valence-electron chi connectivity index (χ4n) is 2.83. The highest BCUT2D eigenvalue weighted by Gasteiger charge is 2.18. The molecule has 138 valence electrons. The summed E-state index contributed by atoms with van der Waals surface area (Å²) in [5.41, 5.74) is 1.08. The second-order valence-corrected chi connectivity index (χ2v) is 6.20. The van der Waals surface area contributed by atoms with Crippen LogP contribution >= 0.6 is 0 Å². The molecule has 0 radical (unpaired) electrons. The lowest BCUT2D eigenvalue weighted by Crippen LogP contribution is -2.22. The molecule has 0 amide bonds. The van der Waals surface area contributed by atoms with Crippen molar-refractivity contribution in [3.63, 3.8) is 0 Å². The Morgan fingerprint density at radius 1 is 1.27 bits per heavy atom. The third kappa shape index (κ3) is 4.26. The number of imidazole rings is 1. The number of aromatic nitrogens is 2. The number of furan rings is 1. The van der Waals surface area contributed by atoms with E-state index in [0.717, 1.165) is 35.9 Å². The number of rotatable bonds is 9. The van der Waals surface area contributed by atoms with Crippen LogP contribution in [0.25, 0.3) is 0 Å². The quantitative estimate of drug-likeness (QED) is 0.585. The van der Waals surface area contributed by atoms with Gasteiger partial charge < -0.3 is 18.5 Å². The predicted molar refractivity (Wildman–Crippen MR) is 99.3 cm³/mol. The summed E-state index contributed by atoms with van der Waals surface area (Å²) in [6.07, 6.45) is 7.17. The highest BCUT2D eigenvalue weighted by Crippen LogP contribution is 2.33. The first-order chi connectivity index (χ1) is 12.7. The summed E-state index contributed by atoms with van der Waals surface area (Å²) >= 11 is 0. The molecule has 26 heavy (non-hydrogen) atoms. The van der Waals surface area contributed by atoms with Gasteiger partial charge in [-0.15, -0.1) is 0 Å². The van der Waals surface area contributed by atoms with E-state index in [4.69, 9.17) is 13.9 Å². The van der Waals surface area contributed by atoms with Gasteiger partial charge in [-0.2, -0.15) is 0 Å². The largest absolute Gasteiger partial charge is 0.493 e. The first-order valence-electron chi connectivity index (χ1n) is 8.67. The summed E-state index contributed by atoms with van der Waals surface area (Å²) in [6.45, 7) is 4.12. The van der Waals surface area contributed by atoms with E-state index in [-0.39, 0.29) is 6.04 Å². The number of methoxy groups -OCH3 is 1. The third-order valence-corrected chi connectivity index (χ3v) is 4.47. The predicted octanol–water partition coefficient (Wildman–Crippen LogP) is 3.76. The summed E-state index contributed by atoms with van der Waals surface area (Å²) in [6, 6.07) is 10.1. The number of ether oxygens (including phenoxy) is 2. The zero-order valence-corrected chi connectivity index (χ0v) is 15.5. The molecular formula is C20H25N3O3. The van der Waals surface area contributed by atoms with Crippen LogP contribution in [-0.2, 0) is 13.1 Å². The highest BCUT2D eigenvalue weighted by atomic mass is 16.5. The lowest BCUT2D eigenvalue weighted by Gasteiger charge is -2.24. The molecule has 1 unspecified atom stereocenters. The van der Waals surface area contributed by atoms with Gasteiger partial charge >= 0.3 is 0 Å². The zero-order chi connectivity index (χ0) is 18.4. The van der Waals surface area contributed by atoms with Crippen molar-refractivity contribution in [2.24, 2.45) is 0 Å². The van der Waals surface area contributed by atoms with Crippen molar-refractivity contribution in [3.8, 4) is 11.5 Å². The maximum Gasteiger partial charge on any atom is 0.165 e. The monoisotopic (exact) mass is 355 g/mol. The van der Waals surface area contributed by atoms with Gasteiger partial charge in [0.2, 0.25) is 0 Å². The Morgan fingerprint density at radius 2 is 2.15 bits per heavy atom. The summed E-state index contributed by atoms with van der Waals surface area (Å²) in [5.74, 6) is 2.47. The van der Waals surface area contributed by atoms with E-state index in [0.29, 0.717) is 6.61 Å². The molecule has 3 aromatic rings. The van der Waals surface area contributed by atoms with Gasteiger partial charge in [-0.1, -0.05) is 12.1 Å². The second-order valence-electron chi connectivity index (χ2n) is 6.20. The Balaban J connectivity index is 1.71. The van der Waals surface area contributed by atoms with Gasteiger partial charge in [0.15, 0.2) is 11.5 Å². The van der Waals surface area contributed by atoms with Crippen LogP contribution in [0.2, 0.25) is 0 Å². The Hall–Kier alpha value is -2.73. The Kier molecular flexibility index (Phi) is 5.96. The van der Waals surface area contributed by atoms with Gasteiger partial charge in [0.1, 0.15) is 12.4 Å². The van der Waals surface area contributed by atoms with Crippen LogP contribution in [0.15, 0.2) is 59.7 Å². The third-order valence-electron chi connectivity index (χ3n) is 4.47. The maximum atomic E-state index is 6.08. The number of benzene rings is 1. The molecule has 1 aromatic carbocycles. The molecule has 0 fully saturated rings. The molecule has 6 nitrogen and oxygen atoms in total. The zero-order valence-electron chi connectivity index (χ0n) is 15.5. The number of hydrogen-bond acceptors (Lipinski definition) is 5. The topological polar surface area (TPSA) is 52.7 Å². The lowest BCUT2D eigenvalue weighted by molar-refractivity contribution is 0.215. The summed E-state index contributed by atoms with van der Waals surface area (Å²) in [7, 11) is 3.74. The standard InChI is InChI=1S/C20H25N3O3/c1-16(18-8-5-12-25-18)22(2)14-17-6-4-7-19(24-3)20(17)26-13-11-23-10-9-21-15-23/h4-10,12,15-16H,11,13-14H2,1-3H3. The van der Waals surface area contributed by atoms with Gasteiger partial charge in [0.25, 0.3) is 0 Å². The van der Waals surface area contributed by atoms with Crippen molar-refractivity contribution in [2.45, 2.75) is 26.1 Å². The minimum Gasteiger partial charge on any atom is -0.493 e. The average Bonchev–Trinajstić information content (AvgIpc) is 3.36. The van der Waals surface area contributed by atoms with E-state index in [1.54, 1.807) is 25.9 Å². The molecule has 0 aliphatic heterocycles. The second kappa shape index (κ2) is 8.58.